The fraction of sp³-hybridized carbons (Fsp3) is 0.0769. The molecular formula is C52H34. The van der Waals surface area contributed by atoms with E-state index in [9.17, 15) is 0 Å². The summed E-state index contributed by atoms with van der Waals surface area (Å²) in [6.45, 7) is 2.29. The Balaban J connectivity index is 1.41. The van der Waals surface area contributed by atoms with Gasteiger partial charge in [0.05, 0.1) is 0 Å². The molecule has 0 N–H and O–H groups in total. The van der Waals surface area contributed by atoms with Crippen LogP contribution in [0.2, 0.25) is 0 Å². The first kappa shape index (κ1) is 28.5. The summed E-state index contributed by atoms with van der Waals surface area (Å²) in [5.41, 5.74) is 6.68. The maximum atomic E-state index is 2.54. The van der Waals surface area contributed by atoms with E-state index in [4.69, 9.17) is 0 Å². The molecule has 0 atom stereocenters. The number of unbranched alkanes of at least 4 members (excludes halogenated alkanes) is 1. The van der Waals surface area contributed by atoms with Gasteiger partial charge in [-0.2, -0.15) is 0 Å². The molecule has 52 heavy (non-hydrogen) atoms. The average molecular weight is 659 g/mol. The summed E-state index contributed by atoms with van der Waals surface area (Å²) in [7, 11) is 0. The zero-order valence-electron chi connectivity index (χ0n) is 29.1. The quantitative estimate of drug-likeness (QED) is 0.161. The first-order chi connectivity index (χ1) is 25.8. The number of rotatable bonds is 5. The first-order valence-electron chi connectivity index (χ1n) is 18.8. The lowest BCUT2D eigenvalue weighted by molar-refractivity contribution is 0.799. The van der Waals surface area contributed by atoms with Crippen LogP contribution in [-0.4, -0.2) is 0 Å². The summed E-state index contributed by atoms with van der Waals surface area (Å²) in [5, 5.41) is 24.5. The Morgan fingerprint density at radius 2 is 0.942 bits per heavy atom. The summed E-state index contributed by atoms with van der Waals surface area (Å²) in [5.74, 6) is 0. The minimum atomic E-state index is 1.12. The molecular weight excluding hydrogens is 625 g/mol. The van der Waals surface area contributed by atoms with Crippen LogP contribution >= 0.6 is 0 Å². The molecule has 12 aromatic carbocycles. The second-order valence-corrected chi connectivity index (χ2v) is 14.9. The van der Waals surface area contributed by atoms with E-state index >= 15 is 0 Å². The molecule has 0 fully saturated rings. The van der Waals surface area contributed by atoms with Gasteiger partial charge in [-0.25, -0.2) is 0 Å². The number of benzene rings is 10. The van der Waals surface area contributed by atoms with Crippen LogP contribution in [0.4, 0.5) is 0 Å². The standard InChI is InChI=1S/C52H34/c1-2-3-13-30-22-23-34-28-42-50-40(27-25-33-24-26-35(30)45(34)46(33)50)51-47(32-16-8-5-9-17-32)49-39-21-12-20-38-36-18-10-11-19-37(36)41(48(38)39)29-43(49)44(52(42)51)31-14-6-4-7-15-31/h4-12,14-29H,2-3,13H2,1H3. The fourth-order valence-electron chi connectivity index (χ4n) is 10.2. The van der Waals surface area contributed by atoms with E-state index in [1.807, 2.05) is 0 Å². The lowest BCUT2D eigenvalue weighted by Gasteiger charge is -2.19. The van der Waals surface area contributed by atoms with Gasteiger partial charge in [0.2, 0.25) is 0 Å². The molecule has 0 amide bonds. The van der Waals surface area contributed by atoms with Gasteiger partial charge in [-0.05, 0) is 150 Å². The van der Waals surface area contributed by atoms with Crippen LogP contribution < -0.4 is 0 Å². The van der Waals surface area contributed by atoms with E-state index in [1.165, 1.54) is 138 Å². The van der Waals surface area contributed by atoms with E-state index in [1.54, 1.807) is 0 Å². The van der Waals surface area contributed by atoms with Crippen molar-refractivity contribution >= 4 is 97.0 Å². The van der Waals surface area contributed by atoms with Crippen LogP contribution in [0.1, 0.15) is 25.3 Å². The van der Waals surface area contributed by atoms with Crippen LogP contribution in [0, 0.1) is 0 Å². The maximum Gasteiger partial charge on any atom is -0.000718 e. The molecule has 0 spiro atoms. The van der Waals surface area contributed by atoms with Gasteiger partial charge in [0.1, 0.15) is 0 Å². The van der Waals surface area contributed by atoms with Gasteiger partial charge in [-0.1, -0.05) is 153 Å². The molecule has 0 aliphatic carbocycles. The minimum Gasteiger partial charge on any atom is -0.0654 e. The van der Waals surface area contributed by atoms with E-state index in [-0.39, 0.29) is 0 Å². The zero-order valence-corrected chi connectivity index (χ0v) is 29.1. The summed E-state index contributed by atoms with van der Waals surface area (Å²) in [4.78, 5) is 0. The molecule has 12 rings (SSSR count). The Labute approximate surface area is 301 Å². The fourth-order valence-corrected chi connectivity index (χ4v) is 10.2. The highest BCUT2D eigenvalue weighted by Crippen LogP contribution is 2.56. The van der Waals surface area contributed by atoms with Gasteiger partial charge in [0.25, 0.3) is 0 Å². The highest BCUT2D eigenvalue weighted by atomic mass is 14.3. The Hall–Kier alpha value is -6.24. The molecule has 0 aliphatic rings. The molecule has 12 aromatic rings. The molecule has 0 nitrogen and oxygen atoms in total. The van der Waals surface area contributed by atoms with Crippen molar-refractivity contribution in [1.29, 1.82) is 0 Å². The molecule has 0 heterocycles. The molecule has 0 bridgehead atoms. The second-order valence-electron chi connectivity index (χ2n) is 14.9. The summed E-state index contributed by atoms with van der Waals surface area (Å²) < 4.78 is 0. The lowest BCUT2D eigenvalue weighted by atomic mass is 9.84. The van der Waals surface area contributed by atoms with Crippen molar-refractivity contribution in [2.24, 2.45) is 0 Å². The van der Waals surface area contributed by atoms with Crippen LogP contribution in [0.3, 0.4) is 0 Å². The Morgan fingerprint density at radius 1 is 0.327 bits per heavy atom. The topological polar surface area (TPSA) is 0 Å². The molecule has 0 heteroatoms. The molecule has 0 unspecified atom stereocenters. The summed E-state index contributed by atoms with van der Waals surface area (Å²) in [6.07, 6.45) is 3.53. The molecule has 0 radical (unpaired) electrons. The molecule has 0 saturated heterocycles. The number of hydrogen-bond acceptors (Lipinski definition) is 0. The van der Waals surface area contributed by atoms with Gasteiger partial charge in [0, 0.05) is 0 Å². The number of fused-ring (bicyclic) bond motifs is 8. The normalized spacial score (nSPS) is 12.6. The van der Waals surface area contributed by atoms with Crippen LogP contribution in [0.5, 0.6) is 0 Å². The highest BCUT2D eigenvalue weighted by molar-refractivity contribution is 6.47. The zero-order chi connectivity index (χ0) is 34.1. The van der Waals surface area contributed by atoms with Crippen molar-refractivity contribution < 1.29 is 0 Å². The molecule has 0 aromatic heterocycles. The van der Waals surface area contributed by atoms with Gasteiger partial charge in [-0.15, -0.1) is 0 Å². The van der Waals surface area contributed by atoms with E-state index in [0.29, 0.717) is 0 Å². The molecule has 242 valence electrons. The van der Waals surface area contributed by atoms with Crippen LogP contribution in [0.15, 0.2) is 152 Å². The van der Waals surface area contributed by atoms with Gasteiger partial charge in [0.15, 0.2) is 0 Å². The Kier molecular flexibility index (Phi) is 5.69. The van der Waals surface area contributed by atoms with Crippen LogP contribution in [0.25, 0.3) is 119 Å². The summed E-state index contributed by atoms with van der Waals surface area (Å²) in [6, 6.07) is 57.8. The average Bonchev–Trinajstić information content (AvgIpc) is 3.71. The van der Waals surface area contributed by atoms with Crippen molar-refractivity contribution in [2.75, 3.05) is 0 Å². The van der Waals surface area contributed by atoms with Gasteiger partial charge < -0.3 is 0 Å². The number of hydrogen-bond donors (Lipinski definition) is 0. The third-order valence-corrected chi connectivity index (χ3v) is 12.3. The smallest absolute Gasteiger partial charge is 0.000718 e. The van der Waals surface area contributed by atoms with Gasteiger partial charge in [-0.3, -0.25) is 0 Å². The Morgan fingerprint density at radius 3 is 1.71 bits per heavy atom. The van der Waals surface area contributed by atoms with E-state index in [0.717, 1.165) is 6.42 Å². The maximum absolute atomic E-state index is 2.54. The largest absolute Gasteiger partial charge is 0.0654 e. The Bertz CT molecular complexity index is 3350. The predicted molar refractivity (Wildman–Crippen MR) is 227 cm³/mol. The lowest BCUT2D eigenvalue weighted by Crippen LogP contribution is -1.91. The predicted octanol–water partition coefficient (Wildman–Crippen LogP) is 15.1. The van der Waals surface area contributed by atoms with Crippen LogP contribution in [-0.2, 0) is 6.42 Å². The van der Waals surface area contributed by atoms with Crippen molar-refractivity contribution in [3.63, 3.8) is 0 Å². The van der Waals surface area contributed by atoms with Crippen molar-refractivity contribution in [2.45, 2.75) is 26.2 Å². The minimum absolute atomic E-state index is 1.12. The SMILES string of the molecule is CCCCc1ccc2cc3c4c(-c5ccccc5)c5cc6c7ccccc7c7cccc(c5c(-c5ccccc5)c4c4ccc5ccc1c2c5c34)c76. The summed E-state index contributed by atoms with van der Waals surface area (Å²) >= 11 is 0. The van der Waals surface area contributed by atoms with Crippen molar-refractivity contribution in [3.8, 4) is 22.3 Å². The molecule has 0 saturated carbocycles. The van der Waals surface area contributed by atoms with Crippen molar-refractivity contribution in [3.05, 3.63) is 157 Å². The van der Waals surface area contributed by atoms with E-state index < -0.39 is 0 Å². The van der Waals surface area contributed by atoms with E-state index in [2.05, 4.69) is 159 Å². The molecule has 0 aliphatic heterocycles. The number of aryl methyl sites for hydroxylation is 1. The highest BCUT2D eigenvalue weighted by Gasteiger charge is 2.27. The van der Waals surface area contributed by atoms with Crippen molar-refractivity contribution in [1.82, 2.24) is 0 Å². The monoisotopic (exact) mass is 658 g/mol. The second kappa shape index (κ2) is 10.4. The first-order valence-corrected chi connectivity index (χ1v) is 18.8. The third-order valence-electron chi connectivity index (χ3n) is 12.3. The third kappa shape index (κ3) is 3.57. The van der Waals surface area contributed by atoms with Gasteiger partial charge >= 0.3 is 0 Å².